The predicted molar refractivity (Wildman–Crippen MR) is 75.7 cm³/mol. The van der Waals surface area contributed by atoms with Crippen LogP contribution in [-0.4, -0.2) is 20.9 Å². The third-order valence-electron chi connectivity index (χ3n) is 3.14. The molecular formula is C15H16N2O3. The first-order valence-corrected chi connectivity index (χ1v) is 6.25. The number of aliphatic carboxylic acids is 1. The molecule has 1 aromatic heterocycles. The van der Waals surface area contributed by atoms with Gasteiger partial charge in [0.05, 0.1) is 12.1 Å². The van der Waals surface area contributed by atoms with Crippen LogP contribution in [0.1, 0.15) is 16.7 Å². The zero-order valence-corrected chi connectivity index (χ0v) is 11.7. The highest BCUT2D eigenvalue weighted by atomic mass is 16.4. The summed E-state index contributed by atoms with van der Waals surface area (Å²) in [4.78, 5) is 22.7. The van der Waals surface area contributed by atoms with Gasteiger partial charge in [0, 0.05) is 18.2 Å². The topological polar surface area (TPSA) is 72.2 Å². The molecule has 1 N–H and O–H groups in total. The van der Waals surface area contributed by atoms with E-state index in [4.69, 9.17) is 5.11 Å². The Bertz CT molecular complexity index is 732. The third kappa shape index (κ3) is 2.77. The number of nitrogens with zero attached hydrogens (tertiary/aromatic N) is 2. The second kappa shape index (κ2) is 5.28. The van der Waals surface area contributed by atoms with Crippen LogP contribution in [0.5, 0.6) is 0 Å². The number of benzene rings is 1. The van der Waals surface area contributed by atoms with E-state index in [0.29, 0.717) is 5.69 Å². The molecule has 0 unspecified atom stereocenters. The Kier molecular flexibility index (Phi) is 3.70. The van der Waals surface area contributed by atoms with Crippen LogP contribution in [0.25, 0.3) is 11.3 Å². The van der Waals surface area contributed by atoms with Gasteiger partial charge in [-0.05, 0) is 25.5 Å². The molecule has 0 radical (unpaired) electrons. The maximum atomic E-state index is 11.9. The molecule has 1 aromatic carbocycles. The largest absolute Gasteiger partial charge is 0.481 e. The first-order valence-electron chi connectivity index (χ1n) is 6.25. The second-order valence-electron chi connectivity index (χ2n) is 4.87. The van der Waals surface area contributed by atoms with Crippen molar-refractivity contribution >= 4 is 5.97 Å². The maximum Gasteiger partial charge on any atom is 0.308 e. The van der Waals surface area contributed by atoms with Crippen molar-refractivity contribution in [1.82, 2.24) is 9.78 Å². The normalized spacial score (nSPS) is 10.6. The van der Waals surface area contributed by atoms with Gasteiger partial charge in [-0.1, -0.05) is 23.8 Å². The number of hydrogen-bond donors (Lipinski definition) is 1. The summed E-state index contributed by atoms with van der Waals surface area (Å²) in [6, 6.07) is 7.49. The van der Waals surface area contributed by atoms with Crippen LogP contribution >= 0.6 is 0 Å². The SMILES string of the molecule is Cc1ccc(-c2cc(CC(=O)O)c(=O)n(C)n2)c(C)c1. The van der Waals surface area contributed by atoms with Gasteiger partial charge < -0.3 is 5.11 Å². The predicted octanol–water partition coefficient (Wildman–Crippen LogP) is 1.69. The minimum Gasteiger partial charge on any atom is -0.481 e. The summed E-state index contributed by atoms with van der Waals surface area (Å²) in [6.07, 6.45) is -0.299. The molecule has 0 bridgehead atoms. The summed E-state index contributed by atoms with van der Waals surface area (Å²) in [7, 11) is 1.53. The van der Waals surface area contributed by atoms with Crippen molar-refractivity contribution in [2.24, 2.45) is 7.05 Å². The van der Waals surface area contributed by atoms with E-state index in [9.17, 15) is 9.59 Å². The molecule has 0 atom stereocenters. The van der Waals surface area contributed by atoms with Crippen molar-refractivity contribution in [2.45, 2.75) is 20.3 Å². The van der Waals surface area contributed by atoms with Crippen molar-refractivity contribution in [3.05, 3.63) is 51.3 Å². The van der Waals surface area contributed by atoms with Gasteiger partial charge in [0.25, 0.3) is 5.56 Å². The average molecular weight is 272 g/mol. The van der Waals surface area contributed by atoms with Gasteiger partial charge in [0.2, 0.25) is 0 Å². The highest BCUT2D eigenvalue weighted by Crippen LogP contribution is 2.22. The number of hydrogen-bond acceptors (Lipinski definition) is 3. The molecule has 1 heterocycles. The highest BCUT2D eigenvalue weighted by molar-refractivity contribution is 5.71. The van der Waals surface area contributed by atoms with Gasteiger partial charge in [-0.3, -0.25) is 9.59 Å². The number of carboxylic acids is 1. The zero-order valence-electron chi connectivity index (χ0n) is 11.7. The molecule has 104 valence electrons. The molecule has 5 heteroatoms. The fourth-order valence-corrected chi connectivity index (χ4v) is 2.19. The third-order valence-corrected chi connectivity index (χ3v) is 3.14. The average Bonchev–Trinajstić information content (AvgIpc) is 2.34. The van der Waals surface area contributed by atoms with Crippen LogP contribution in [0.2, 0.25) is 0 Å². The quantitative estimate of drug-likeness (QED) is 0.923. The van der Waals surface area contributed by atoms with Gasteiger partial charge in [0.15, 0.2) is 0 Å². The Hall–Kier alpha value is -2.43. The fraction of sp³-hybridized carbons (Fsp3) is 0.267. The molecule has 0 saturated carbocycles. The highest BCUT2D eigenvalue weighted by Gasteiger charge is 2.12. The van der Waals surface area contributed by atoms with E-state index >= 15 is 0 Å². The Balaban J connectivity index is 2.60. The Morgan fingerprint density at radius 2 is 2.00 bits per heavy atom. The number of aryl methyl sites for hydroxylation is 3. The molecule has 2 aromatic rings. The van der Waals surface area contributed by atoms with Crippen molar-refractivity contribution in [1.29, 1.82) is 0 Å². The molecular weight excluding hydrogens is 256 g/mol. The van der Waals surface area contributed by atoms with Crippen LogP contribution < -0.4 is 5.56 Å². The summed E-state index contributed by atoms with van der Waals surface area (Å²) in [5, 5.41) is 13.1. The lowest BCUT2D eigenvalue weighted by molar-refractivity contribution is -0.136. The summed E-state index contributed by atoms with van der Waals surface area (Å²) >= 11 is 0. The molecule has 0 aliphatic heterocycles. The summed E-state index contributed by atoms with van der Waals surface area (Å²) in [6.45, 7) is 3.97. The van der Waals surface area contributed by atoms with Crippen LogP contribution in [0.15, 0.2) is 29.1 Å². The van der Waals surface area contributed by atoms with E-state index in [2.05, 4.69) is 5.10 Å². The van der Waals surface area contributed by atoms with E-state index in [1.165, 1.54) is 11.7 Å². The molecule has 0 spiro atoms. The molecule has 0 fully saturated rings. The van der Waals surface area contributed by atoms with Crippen LogP contribution in [0, 0.1) is 13.8 Å². The number of carbonyl (C=O) groups is 1. The van der Waals surface area contributed by atoms with Gasteiger partial charge in [-0.25, -0.2) is 4.68 Å². The van der Waals surface area contributed by atoms with E-state index in [1.54, 1.807) is 6.07 Å². The number of aromatic nitrogens is 2. The van der Waals surface area contributed by atoms with Crippen molar-refractivity contribution in [2.75, 3.05) is 0 Å². The molecule has 0 aliphatic carbocycles. The van der Waals surface area contributed by atoms with Crippen LogP contribution in [0.3, 0.4) is 0 Å². The minimum absolute atomic E-state index is 0.241. The van der Waals surface area contributed by atoms with E-state index in [0.717, 1.165) is 16.7 Å². The standard InChI is InChI=1S/C15H16N2O3/c1-9-4-5-12(10(2)6-9)13-7-11(8-14(18)19)15(20)17(3)16-13/h4-7H,8H2,1-3H3,(H,18,19). The smallest absolute Gasteiger partial charge is 0.308 e. The van der Waals surface area contributed by atoms with Crippen LogP contribution in [-0.2, 0) is 18.3 Å². The summed E-state index contributed by atoms with van der Waals surface area (Å²) in [5.74, 6) is -1.03. The maximum absolute atomic E-state index is 11.9. The van der Waals surface area contributed by atoms with Gasteiger partial charge in [0.1, 0.15) is 0 Å². The van der Waals surface area contributed by atoms with Crippen LogP contribution in [0.4, 0.5) is 0 Å². The van der Waals surface area contributed by atoms with Gasteiger partial charge in [-0.15, -0.1) is 0 Å². The monoisotopic (exact) mass is 272 g/mol. The van der Waals surface area contributed by atoms with E-state index in [-0.39, 0.29) is 17.5 Å². The molecule has 2 rings (SSSR count). The summed E-state index contributed by atoms with van der Waals surface area (Å²) in [5.41, 5.74) is 3.56. The zero-order chi connectivity index (χ0) is 14.9. The molecule has 20 heavy (non-hydrogen) atoms. The Morgan fingerprint density at radius 1 is 1.30 bits per heavy atom. The van der Waals surface area contributed by atoms with Gasteiger partial charge in [-0.2, -0.15) is 5.10 Å². The lowest BCUT2D eigenvalue weighted by Gasteiger charge is -2.09. The van der Waals surface area contributed by atoms with Crippen molar-refractivity contribution in [3.63, 3.8) is 0 Å². The number of carboxylic acid groups (broad SMARTS) is 1. The fourth-order valence-electron chi connectivity index (χ4n) is 2.19. The van der Waals surface area contributed by atoms with E-state index in [1.807, 2.05) is 32.0 Å². The second-order valence-corrected chi connectivity index (χ2v) is 4.87. The molecule has 0 amide bonds. The summed E-state index contributed by atoms with van der Waals surface area (Å²) < 4.78 is 1.19. The van der Waals surface area contributed by atoms with E-state index < -0.39 is 5.97 Å². The minimum atomic E-state index is -1.03. The van der Waals surface area contributed by atoms with Gasteiger partial charge >= 0.3 is 5.97 Å². The Morgan fingerprint density at radius 3 is 2.60 bits per heavy atom. The van der Waals surface area contributed by atoms with Crippen molar-refractivity contribution < 1.29 is 9.90 Å². The molecule has 0 saturated heterocycles. The molecule has 5 nitrogen and oxygen atoms in total. The first-order chi connectivity index (χ1) is 9.38. The first kappa shape index (κ1) is 14.0. The lowest BCUT2D eigenvalue weighted by Crippen LogP contribution is -2.25. The Labute approximate surface area is 116 Å². The number of rotatable bonds is 3. The van der Waals surface area contributed by atoms with Crippen molar-refractivity contribution in [3.8, 4) is 11.3 Å². The lowest BCUT2D eigenvalue weighted by atomic mass is 10.0. The molecule has 0 aliphatic rings.